The molecule has 0 aromatic carbocycles. The van der Waals surface area contributed by atoms with Crippen LogP contribution in [0.2, 0.25) is 0 Å². The van der Waals surface area contributed by atoms with E-state index in [1.165, 1.54) is 6.20 Å². The molecule has 0 radical (unpaired) electrons. The van der Waals surface area contributed by atoms with Crippen molar-refractivity contribution in [3.8, 4) is 6.07 Å². The lowest BCUT2D eigenvalue weighted by molar-refractivity contribution is 0.794. The van der Waals surface area contributed by atoms with Gasteiger partial charge in [0.05, 0.1) is 39.9 Å². The number of aromatic amines is 1. The zero-order valence-electron chi connectivity index (χ0n) is 14.0. The third kappa shape index (κ3) is 2.74. The molecule has 1 aliphatic heterocycles. The Morgan fingerprint density at radius 2 is 2.07 bits per heavy atom. The van der Waals surface area contributed by atoms with E-state index in [9.17, 15) is 0 Å². The number of fused-ring (bicyclic) bond motifs is 3. The molecule has 5 heterocycles. The van der Waals surface area contributed by atoms with Crippen LogP contribution in [0.5, 0.6) is 0 Å². The highest BCUT2D eigenvalue weighted by Crippen LogP contribution is 2.31. The first-order valence-electron chi connectivity index (χ1n) is 8.42. The Morgan fingerprint density at radius 1 is 1.19 bits per heavy atom. The zero-order valence-corrected chi connectivity index (χ0v) is 16.2. The molecule has 10 heteroatoms. The maximum Gasteiger partial charge on any atom is 0.211 e. The fraction of sp³-hybridized carbons (Fsp3) is 0.235. The van der Waals surface area contributed by atoms with Gasteiger partial charge in [-0.1, -0.05) is 22.6 Å². The van der Waals surface area contributed by atoms with Gasteiger partial charge in [0, 0.05) is 18.8 Å². The summed E-state index contributed by atoms with van der Waals surface area (Å²) in [5.74, 6) is 1.58. The molecule has 0 amide bonds. The van der Waals surface area contributed by atoms with Crippen LogP contribution in [0.15, 0.2) is 37.1 Å². The highest BCUT2D eigenvalue weighted by molar-refractivity contribution is 14.1. The number of nitriles is 1. The van der Waals surface area contributed by atoms with Crippen LogP contribution in [0.4, 0.5) is 11.8 Å². The molecule has 9 nitrogen and oxygen atoms in total. The van der Waals surface area contributed by atoms with Crippen LogP contribution in [0.3, 0.4) is 0 Å². The second-order valence-electron chi connectivity index (χ2n) is 6.35. The SMILES string of the molecule is N#Cc1cnc(N[C@H]2C[C@@H](I)N(c3ncc4cnc5[nH]ccc5n34)C2)cn1. The normalized spacial score (nSPS) is 19.6. The molecular formula is C17H14IN9. The van der Waals surface area contributed by atoms with Crippen LogP contribution in [0.25, 0.3) is 16.7 Å². The predicted molar refractivity (Wildman–Crippen MR) is 109 cm³/mol. The molecule has 5 rings (SSSR count). The van der Waals surface area contributed by atoms with E-state index in [0.29, 0.717) is 15.6 Å². The van der Waals surface area contributed by atoms with Crippen molar-refractivity contribution >= 4 is 51.0 Å². The first-order valence-corrected chi connectivity index (χ1v) is 9.66. The van der Waals surface area contributed by atoms with Gasteiger partial charge in [-0.25, -0.2) is 19.9 Å². The molecule has 134 valence electrons. The van der Waals surface area contributed by atoms with Crippen LogP contribution >= 0.6 is 22.6 Å². The number of aromatic nitrogens is 6. The van der Waals surface area contributed by atoms with Gasteiger partial charge in [0.25, 0.3) is 0 Å². The van der Waals surface area contributed by atoms with Crippen molar-refractivity contribution < 1.29 is 0 Å². The average molecular weight is 471 g/mol. The van der Waals surface area contributed by atoms with Crippen molar-refractivity contribution in [2.45, 2.75) is 16.5 Å². The summed E-state index contributed by atoms with van der Waals surface area (Å²) in [7, 11) is 0. The lowest BCUT2D eigenvalue weighted by Gasteiger charge is -2.21. The molecule has 0 unspecified atom stereocenters. The fourth-order valence-electron chi connectivity index (χ4n) is 3.43. The first-order chi connectivity index (χ1) is 13.2. The third-order valence-electron chi connectivity index (χ3n) is 4.65. The molecule has 2 N–H and O–H groups in total. The molecule has 1 aliphatic rings. The molecule has 4 aromatic heterocycles. The molecule has 0 saturated carbocycles. The van der Waals surface area contributed by atoms with Crippen molar-refractivity contribution in [1.29, 1.82) is 5.26 Å². The average Bonchev–Trinajstić information content (AvgIpc) is 3.39. The molecule has 0 aliphatic carbocycles. The van der Waals surface area contributed by atoms with Crippen LogP contribution in [0, 0.1) is 11.3 Å². The van der Waals surface area contributed by atoms with Gasteiger partial charge in [-0.05, 0) is 12.5 Å². The fourth-order valence-corrected chi connectivity index (χ4v) is 4.52. The number of imidazole rings is 1. The maximum atomic E-state index is 8.84. The number of hydrogen-bond donors (Lipinski definition) is 2. The highest BCUT2D eigenvalue weighted by Gasteiger charge is 2.33. The van der Waals surface area contributed by atoms with E-state index in [4.69, 9.17) is 5.26 Å². The Hall–Kier alpha value is -2.94. The number of hydrogen-bond acceptors (Lipinski definition) is 7. The van der Waals surface area contributed by atoms with Gasteiger partial charge in [-0.2, -0.15) is 5.26 Å². The summed E-state index contributed by atoms with van der Waals surface area (Å²) >= 11 is 2.45. The van der Waals surface area contributed by atoms with E-state index >= 15 is 0 Å². The zero-order chi connectivity index (χ0) is 18.4. The summed E-state index contributed by atoms with van der Waals surface area (Å²) < 4.78 is 2.42. The van der Waals surface area contributed by atoms with Gasteiger partial charge in [-0.15, -0.1) is 0 Å². The van der Waals surface area contributed by atoms with Gasteiger partial charge >= 0.3 is 0 Å². The molecule has 2 atom stereocenters. The predicted octanol–water partition coefficient (Wildman–Crippen LogP) is 2.32. The van der Waals surface area contributed by atoms with Gasteiger partial charge in [0.15, 0.2) is 11.3 Å². The minimum Gasteiger partial charge on any atom is -0.364 e. The number of nitrogens with zero attached hydrogens (tertiary/aromatic N) is 7. The Balaban J connectivity index is 1.43. The molecule has 1 saturated heterocycles. The van der Waals surface area contributed by atoms with Crippen LogP contribution in [0.1, 0.15) is 12.1 Å². The molecule has 0 bridgehead atoms. The minimum absolute atomic E-state index is 0.213. The quantitative estimate of drug-likeness (QED) is 0.268. The molecule has 4 aromatic rings. The highest BCUT2D eigenvalue weighted by atomic mass is 127. The topological polar surface area (TPSA) is 111 Å². The van der Waals surface area contributed by atoms with Crippen molar-refractivity contribution in [2.24, 2.45) is 0 Å². The van der Waals surface area contributed by atoms with E-state index in [1.54, 1.807) is 6.20 Å². The summed E-state index contributed by atoms with van der Waals surface area (Å²) in [4.78, 5) is 22.9. The Morgan fingerprint density at radius 3 is 2.89 bits per heavy atom. The van der Waals surface area contributed by atoms with E-state index in [2.05, 4.69) is 62.1 Å². The summed E-state index contributed by atoms with van der Waals surface area (Å²) in [6.07, 6.45) is 9.59. The second-order valence-corrected chi connectivity index (χ2v) is 7.79. The number of H-pyrrole nitrogens is 1. The van der Waals surface area contributed by atoms with E-state index in [0.717, 1.165) is 35.6 Å². The lowest BCUT2D eigenvalue weighted by Crippen LogP contribution is -2.29. The van der Waals surface area contributed by atoms with Gasteiger partial charge in [0.1, 0.15) is 11.9 Å². The standard InChI is InChI=1S/C17H14IN9/c18-14-3-10(25-15-8-21-11(4-19)5-22-15)9-26(14)17-24-7-12-6-23-16-13(27(12)17)1-2-20-16/h1-2,5-8,10,14,20H,3,9H2,(H,22,25)/t10-,14-/m0/s1. The summed E-state index contributed by atoms with van der Waals surface area (Å²) in [5, 5.41) is 12.2. The lowest BCUT2D eigenvalue weighted by atomic mass is 10.2. The van der Waals surface area contributed by atoms with Gasteiger partial charge in [-0.3, -0.25) is 4.40 Å². The molecule has 1 fully saturated rings. The maximum absolute atomic E-state index is 8.84. The van der Waals surface area contributed by atoms with Crippen LogP contribution in [-0.4, -0.2) is 46.0 Å². The van der Waals surface area contributed by atoms with Crippen molar-refractivity contribution in [2.75, 3.05) is 16.8 Å². The van der Waals surface area contributed by atoms with Crippen molar-refractivity contribution in [1.82, 2.24) is 29.3 Å². The van der Waals surface area contributed by atoms with Gasteiger partial charge in [0.2, 0.25) is 5.95 Å². The Kier molecular flexibility index (Phi) is 3.82. The summed E-state index contributed by atoms with van der Waals surface area (Å²) in [5.41, 5.74) is 3.13. The molecule has 27 heavy (non-hydrogen) atoms. The number of halogens is 1. The number of rotatable bonds is 3. The Bertz CT molecular complexity index is 1160. The third-order valence-corrected chi connectivity index (χ3v) is 5.83. The summed E-state index contributed by atoms with van der Waals surface area (Å²) in [6, 6.07) is 4.21. The summed E-state index contributed by atoms with van der Waals surface area (Å²) in [6.45, 7) is 0.794. The van der Waals surface area contributed by atoms with E-state index in [1.807, 2.05) is 30.7 Å². The smallest absolute Gasteiger partial charge is 0.211 e. The van der Waals surface area contributed by atoms with Crippen molar-refractivity contribution in [3.05, 3.63) is 42.7 Å². The number of nitrogens with one attached hydrogen (secondary N) is 2. The van der Waals surface area contributed by atoms with E-state index in [-0.39, 0.29) is 6.04 Å². The monoisotopic (exact) mass is 471 g/mol. The number of alkyl halides is 1. The van der Waals surface area contributed by atoms with E-state index < -0.39 is 0 Å². The Labute approximate surface area is 167 Å². The first kappa shape index (κ1) is 16.2. The second kappa shape index (κ2) is 6.34. The molecule has 0 spiro atoms. The van der Waals surface area contributed by atoms with Crippen LogP contribution in [-0.2, 0) is 0 Å². The van der Waals surface area contributed by atoms with Crippen molar-refractivity contribution in [3.63, 3.8) is 0 Å². The van der Waals surface area contributed by atoms with Crippen LogP contribution < -0.4 is 10.2 Å². The van der Waals surface area contributed by atoms with Gasteiger partial charge < -0.3 is 15.2 Å². The number of anilines is 2. The minimum atomic E-state index is 0.213. The largest absolute Gasteiger partial charge is 0.364 e. The molecular weight excluding hydrogens is 457 g/mol.